The molecule has 0 aliphatic rings. The van der Waals surface area contributed by atoms with E-state index in [9.17, 15) is 9.59 Å². The standard InChI is InChI=1S/C21H19NO3S/c1-15-6-9-18(10-7-15)22-20(23)13-25-21(24)14-26-19-11-8-16-4-2-3-5-17(16)12-19/h2-12H,13-14H2,1H3,(H,22,23). The molecule has 0 saturated heterocycles. The highest BCUT2D eigenvalue weighted by Gasteiger charge is 2.09. The minimum atomic E-state index is -0.415. The van der Waals surface area contributed by atoms with Crippen molar-refractivity contribution in [2.45, 2.75) is 11.8 Å². The molecule has 5 heteroatoms. The predicted molar refractivity (Wildman–Crippen MR) is 105 cm³/mol. The van der Waals surface area contributed by atoms with E-state index in [1.54, 1.807) is 0 Å². The molecule has 0 spiro atoms. The number of anilines is 1. The Balaban J connectivity index is 1.44. The second-order valence-electron chi connectivity index (χ2n) is 5.87. The number of rotatable bonds is 6. The van der Waals surface area contributed by atoms with Crippen molar-refractivity contribution in [1.29, 1.82) is 0 Å². The van der Waals surface area contributed by atoms with E-state index in [1.165, 1.54) is 11.8 Å². The molecule has 0 aliphatic carbocycles. The number of benzene rings is 3. The Morgan fingerprint density at radius 1 is 0.962 bits per heavy atom. The maximum Gasteiger partial charge on any atom is 0.316 e. The van der Waals surface area contributed by atoms with Crippen LogP contribution in [0.25, 0.3) is 10.8 Å². The largest absolute Gasteiger partial charge is 0.455 e. The minimum absolute atomic E-state index is 0.163. The van der Waals surface area contributed by atoms with Crippen LogP contribution in [0.1, 0.15) is 5.56 Å². The molecule has 0 saturated carbocycles. The zero-order valence-electron chi connectivity index (χ0n) is 14.4. The summed E-state index contributed by atoms with van der Waals surface area (Å²) in [4.78, 5) is 24.7. The first kappa shape index (κ1) is 18.0. The topological polar surface area (TPSA) is 55.4 Å². The number of hydrogen-bond donors (Lipinski definition) is 1. The first-order chi connectivity index (χ1) is 12.6. The molecule has 0 unspecified atom stereocenters. The van der Waals surface area contributed by atoms with Crippen molar-refractivity contribution < 1.29 is 14.3 Å². The lowest BCUT2D eigenvalue weighted by molar-refractivity contribution is -0.144. The van der Waals surface area contributed by atoms with Crippen molar-refractivity contribution in [2.75, 3.05) is 17.7 Å². The third kappa shape index (κ3) is 5.10. The van der Waals surface area contributed by atoms with Gasteiger partial charge in [-0.15, -0.1) is 11.8 Å². The Hall–Kier alpha value is -2.79. The molecule has 0 aromatic heterocycles. The fraction of sp³-hybridized carbons (Fsp3) is 0.143. The van der Waals surface area contributed by atoms with Gasteiger partial charge in [-0.25, -0.2) is 0 Å². The van der Waals surface area contributed by atoms with Gasteiger partial charge in [0.25, 0.3) is 5.91 Å². The van der Waals surface area contributed by atoms with Gasteiger partial charge in [-0.1, -0.05) is 48.0 Å². The van der Waals surface area contributed by atoms with Crippen LogP contribution >= 0.6 is 11.8 Å². The molecule has 3 aromatic rings. The fourth-order valence-electron chi connectivity index (χ4n) is 2.42. The molecule has 0 atom stereocenters. The van der Waals surface area contributed by atoms with Gasteiger partial charge in [0.15, 0.2) is 6.61 Å². The molecule has 1 amide bonds. The second-order valence-corrected chi connectivity index (χ2v) is 6.92. The zero-order chi connectivity index (χ0) is 18.4. The van der Waals surface area contributed by atoms with E-state index in [2.05, 4.69) is 5.32 Å². The van der Waals surface area contributed by atoms with Crippen molar-refractivity contribution in [3.8, 4) is 0 Å². The molecule has 0 fully saturated rings. The first-order valence-electron chi connectivity index (χ1n) is 8.24. The summed E-state index contributed by atoms with van der Waals surface area (Å²) in [6, 6.07) is 21.5. The summed E-state index contributed by atoms with van der Waals surface area (Å²) in [6.45, 7) is 1.69. The summed E-state index contributed by atoms with van der Waals surface area (Å²) in [7, 11) is 0. The van der Waals surface area contributed by atoms with Crippen LogP contribution in [0.15, 0.2) is 71.6 Å². The van der Waals surface area contributed by atoms with Crippen LogP contribution in [0, 0.1) is 6.92 Å². The summed E-state index contributed by atoms with van der Waals surface area (Å²) in [5, 5.41) is 4.98. The van der Waals surface area contributed by atoms with Crippen LogP contribution in [0.2, 0.25) is 0 Å². The highest BCUT2D eigenvalue weighted by Crippen LogP contribution is 2.23. The Bertz CT molecular complexity index is 922. The van der Waals surface area contributed by atoms with E-state index in [1.807, 2.05) is 73.7 Å². The van der Waals surface area contributed by atoms with Crippen LogP contribution in [0.3, 0.4) is 0 Å². The monoisotopic (exact) mass is 365 g/mol. The average molecular weight is 365 g/mol. The molecule has 3 aromatic carbocycles. The van der Waals surface area contributed by atoms with E-state index < -0.39 is 5.97 Å². The number of thioether (sulfide) groups is 1. The van der Waals surface area contributed by atoms with E-state index in [0.717, 1.165) is 21.2 Å². The molecule has 4 nitrogen and oxygen atoms in total. The lowest BCUT2D eigenvalue weighted by atomic mass is 10.1. The average Bonchev–Trinajstić information content (AvgIpc) is 2.66. The Morgan fingerprint density at radius 2 is 1.69 bits per heavy atom. The number of ether oxygens (including phenoxy) is 1. The van der Waals surface area contributed by atoms with Gasteiger partial charge >= 0.3 is 5.97 Å². The first-order valence-corrected chi connectivity index (χ1v) is 9.22. The van der Waals surface area contributed by atoms with Crippen LogP contribution in [0.4, 0.5) is 5.69 Å². The normalized spacial score (nSPS) is 10.5. The summed E-state index contributed by atoms with van der Waals surface area (Å²) < 4.78 is 5.04. The van der Waals surface area contributed by atoms with Gasteiger partial charge in [-0.05, 0) is 42.0 Å². The molecular formula is C21H19NO3S. The van der Waals surface area contributed by atoms with Gasteiger partial charge < -0.3 is 10.1 Å². The SMILES string of the molecule is Cc1ccc(NC(=O)COC(=O)CSc2ccc3ccccc3c2)cc1. The molecule has 0 bridgehead atoms. The highest BCUT2D eigenvalue weighted by atomic mass is 32.2. The molecule has 26 heavy (non-hydrogen) atoms. The number of esters is 1. The predicted octanol–water partition coefficient (Wildman–Crippen LogP) is 4.42. The van der Waals surface area contributed by atoms with Crippen LogP contribution in [-0.2, 0) is 14.3 Å². The maximum absolute atomic E-state index is 11.9. The molecule has 3 rings (SSSR count). The molecular weight excluding hydrogens is 346 g/mol. The number of aryl methyl sites for hydroxylation is 1. The van der Waals surface area contributed by atoms with E-state index in [4.69, 9.17) is 4.74 Å². The number of nitrogens with one attached hydrogen (secondary N) is 1. The third-order valence-corrected chi connectivity index (χ3v) is 4.74. The number of amides is 1. The summed E-state index contributed by atoms with van der Waals surface area (Å²) in [6.07, 6.45) is 0. The van der Waals surface area contributed by atoms with E-state index >= 15 is 0 Å². The van der Waals surface area contributed by atoms with E-state index in [-0.39, 0.29) is 18.3 Å². The van der Waals surface area contributed by atoms with Gasteiger partial charge in [0.05, 0.1) is 5.75 Å². The van der Waals surface area contributed by atoms with E-state index in [0.29, 0.717) is 5.69 Å². The van der Waals surface area contributed by atoms with Crippen molar-refractivity contribution >= 4 is 40.1 Å². The maximum atomic E-state index is 11.9. The van der Waals surface area contributed by atoms with Gasteiger partial charge in [-0.3, -0.25) is 9.59 Å². The lowest BCUT2D eigenvalue weighted by Gasteiger charge is -2.07. The smallest absolute Gasteiger partial charge is 0.316 e. The highest BCUT2D eigenvalue weighted by molar-refractivity contribution is 8.00. The van der Waals surface area contributed by atoms with Gasteiger partial charge in [0.2, 0.25) is 0 Å². The van der Waals surface area contributed by atoms with Gasteiger partial charge in [-0.2, -0.15) is 0 Å². The minimum Gasteiger partial charge on any atom is -0.455 e. The molecule has 1 N–H and O–H groups in total. The van der Waals surface area contributed by atoms with Gasteiger partial charge in [0, 0.05) is 10.6 Å². The number of hydrogen-bond acceptors (Lipinski definition) is 4. The number of fused-ring (bicyclic) bond motifs is 1. The molecule has 0 aliphatic heterocycles. The quantitative estimate of drug-likeness (QED) is 0.519. The summed E-state index contributed by atoms with van der Waals surface area (Å²) in [5.74, 6) is -0.601. The molecule has 132 valence electrons. The van der Waals surface area contributed by atoms with Crippen molar-refractivity contribution in [1.82, 2.24) is 0 Å². The Morgan fingerprint density at radius 3 is 2.46 bits per heavy atom. The fourth-order valence-corrected chi connectivity index (χ4v) is 3.16. The number of carbonyl (C=O) groups is 2. The third-order valence-electron chi connectivity index (χ3n) is 3.78. The summed E-state index contributed by atoms with van der Waals surface area (Å²) >= 11 is 1.39. The molecule has 0 radical (unpaired) electrons. The Kier molecular flexibility index (Phi) is 5.92. The Labute approximate surface area is 156 Å². The van der Waals surface area contributed by atoms with Crippen molar-refractivity contribution in [3.05, 3.63) is 72.3 Å². The number of carbonyl (C=O) groups excluding carboxylic acids is 2. The van der Waals surface area contributed by atoms with Crippen LogP contribution < -0.4 is 5.32 Å². The zero-order valence-corrected chi connectivity index (χ0v) is 15.2. The van der Waals surface area contributed by atoms with Crippen LogP contribution in [0.5, 0.6) is 0 Å². The lowest BCUT2D eigenvalue weighted by Crippen LogP contribution is -2.21. The van der Waals surface area contributed by atoms with Crippen molar-refractivity contribution in [3.63, 3.8) is 0 Å². The van der Waals surface area contributed by atoms with Gasteiger partial charge in [0.1, 0.15) is 0 Å². The second kappa shape index (κ2) is 8.54. The summed E-state index contributed by atoms with van der Waals surface area (Å²) in [5.41, 5.74) is 1.79. The molecule has 0 heterocycles. The van der Waals surface area contributed by atoms with Crippen LogP contribution in [-0.4, -0.2) is 24.2 Å². The van der Waals surface area contributed by atoms with Crippen molar-refractivity contribution in [2.24, 2.45) is 0 Å².